The molecule has 0 unspecified atom stereocenters. The van der Waals surface area contributed by atoms with Crippen molar-refractivity contribution in [1.82, 2.24) is 19.5 Å². The fraction of sp³-hybridized carbons (Fsp3) is 0.667. The fourth-order valence-corrected chi connectivity index (χ4v) is 3.65. The lowest BCUT2D eigenvalue weighted by molar-refractivity contribution is -0.0554. The number of hydrogen-bond acceptors (Lipinski definition) is 14. The van der Waals surface area contributed by atoms with Crippen molar-refractivity contribution in [2.75, 3.05) is 25.7 Å². The molecule has 0 saturated carbocycles. The van der Waals surface area contributed by atoms with Gasteiger partial charge in [-0.25, -0.2) is 24.5 Å². The first kappa shape index (κ1) is 30.2. The summed E-state index contributed by atoms with van der Waals surface area (Å²) >= 11 is 0. The average Bonchev–Trinajstić information content (AvgIpc) is 3.14. The number of nitrogens with zero attached hydrogens (tertiary/aromatic N) is 4. The number of imidazole rings is 1. The Bertz CT molecular complexity index is 1070. The topological polar surface area (TPSA) is 185 Å². The summed E-state index contributed by atoms with van der Waals surface area (Å²) in [5.41, 5.74) is 5.13. The number of carbonyl (C=O) groups is 2. The van der Waals surface area contributed by atoms with Crippen molar-refractivity contribution >= 4 is 36.9 Å². The molecule has 0 aliphatic carbocycles. The van der Waals surface area contributed by atoms with Gasteiger partial charge >= 0.3 is 19.9 Å². The van der Waals surface area contributed by atoms with Crippen LogP contribution in [-0.2, 0) is 43.8 Å². The van der Waals surface area contributed by atoms with Crippen LogP contribution in [0.1, 0.15) is 48.5 Å². The SMILES string of the molecule is C[C@H](Cn1cnc2c(N)ncnc21)OCP(=O)(OCOC(=O)OC(C)(C)C)OCOC(=O)OC(C)(C)C. The zero-order chi connectivity index (χ0) is 27.9. The highest BCUT2D eigenvalue weighted by Gasteiger charge is 2.29. The van der Waals surface area contributed by atoms with E-state index in [1.807, 2.05) is 0 Å². The molecule has 0 saturated heterocycles. The van der Waals surface area contributed by atoms with Crippen LogP contribution in [0, 0.1) is 0 Å². The number of aromatic nitrogens is 4. The van der Waals surface area contributed by atoms with E-state index in [-0.39, 0.29) is 12.4 Å². The van der Waals surface area contributed by atoms with Gasteiger partial charge in [-0.2, -0.15) is 0 Å². The van der Waals surface area contributed by atoms with Crippen molar-refractivity contribution in [2.24, 2.45) is 0 Å². The second-order valence-electron chi connectivity index (χ2n) is 9.76. The van der Waals surface area contributed by atoms with E-state index in [9.17, 15) is 14.2 Å². The molecular formula is C21H34N5O10P. The van der Waals surface area contributed by atoms with E-state index in [4.69, 9.17) is 38.5 Å². The van der Waals surface area contributed by atoms with Gasteiger partial charge in [0.25, 0.3) is 0 Å². The molecular weight excluding hydrogens is 513 g/mol. The summed E-state index contributed by atoms with van der Waals surface area (Å²) in [5.74, 6) is 0.235. The van der Waals surface area contributed by atoms with Crippen molar-refractivity contribution < 1.29 is 46.9 Å². The molecule has 0 radical (unpaired) electrons. The van der Waals surface area contributed by atoms with Crippen molar-refractivity contribution in [3.05, 3.63) is 12.7 Å². The number of hydrogen-bond donors (Lipinski definition) is 1. The molecule has 0 aliphatic rings. The van der Waals surface area contributed by atoms with Crippen LogP contribution in [0.25, 0.3) is 11.2 Å². The molecule has 2 heterocycles. The molecule has 0 spiro atoms. The maximum absolute atomic E-state index is 13.2. The highest BCUT2D eigenvalue weighted by Crippen LogP contribution is 2.48. The van der Waals surface area contributed by atoms with Gasteiger partial charge in [-0.3, -0.25) is 13.6 Å². The van der Waals surface area contributed by atoms with Gasteiger partial charge in [0.05, 0.1) is 19.0 Å². The van der Waals surface area contributed by atoms with Gasteiger partial charge in [-0.1, -0.05) is 0 Å². The van der Waals surface area contributed by atoms with Crippen LogP contribution >= 0.6 is 7.60 Å². The Hall–Kier alpha value is -3.00. The summed E-state index contributed by atoms with van der Waals surface area (Å²) in [7, 11) is -4.09. The van der Waals surface area contributed by atoms with E-state index in [1.54, 1.807) is 53.0 Å². The maximum Gasteiger partial charge on any atom is 0.510 e. The molecule has 0 fully saturated rings. The lowest BCUT2D eigenvalue weighted by Crippen LogP contribution is -2.25. The lowest BCUT2D eigenvalue weighted by Gasteiger charge is -2.22. The van der Waals surface area contributed by atoms with Crippen LogP contribution in [0.15, 0.2) is 12.7 Å². The minimum absolute atomic E-state index is 0.235. The van der Waals surface area contributed by atoms with E-state index in [2.05, 4.69) is 15.0 Å². The molecule has 0 aliphatic heterocycles. The summed E-state index contributed by atoms with van der Waals surface area (Å²) < 4.78 is 50.5. The lowest BCUT2D eigenvalue weighted by atomic mass is 10.2. The third-order valence-electron chi connectivity index (χ3n) is 4.03. The number of rotatable bonds is 11. The number of nitrogen functional groups attached to an aromatic ring is 1. The Morgan fingerprint density at radius 2 is 1.51 bits per heavy atom. The van der Waals surface area contributed by atoms with Gasteiger partial charge in [0.15, 0.2) is 11.5 Å². The highest BCUT2D eigenvalue weighted by molar-refractivity contribution is 7.53. The molecule has 37 heavy (non-hydrogen) atoms. The Balaban J connectivity index is 1.98. The van der Waals surface area contributed by atoms with E-state index in [0.717, 1.165) is 0 Å². The summed E-state index contributed by atoms with van der Waals surface area (Å²) in [4.78, 5) is 35.7. The Labute approximate surface area is 214 Å². The first-order chi connectivity index (χ1) is 17.1. The molecule has 0 amide bonds. The summed E-state index contributed by atoms with van der Waals surface area (Å²) in [5, 5.41) is 0. The van der Waals surface area contributed by atoms with Crippen LogP contribution in [0.2, 0.25) is 0 Å². The molecule has 2 rings (SSSR count). The summed E-state index contributed by atoms with van der Waals surface area (Å²) in [6.45, 7) is 10.3. The molecule has 15 nitrogen and oxygen atoms in total. The standard InChI is InChI=1S/C21H34N5O10P/c1-14(8-26-10-25-15-16(22)23-9-24-17(15)26)32-13-37(29,33-11-30-18(27)35-20(2,3)4)34-12-31-19(28)36-21(5,6)7/h9-10,14H,8,11-13H2,1-7H3,(H2,22,23,24)/t14-/m1/s1. The summed E-state index contributed by atoms with van der Waals surface area (Å²) in [6, 6.07) is 0. The second-order valence-corrected chi connectivity index (χ2v) is 11.8. The molecule has 2 aromatic heterocycles. The number of carbonyl (C=O) groups excluding carboxylic acids is 2. The van der Waals surface area contributed by atoms with E-state index in [0.29, 0.717) is 11.2 Å². The van der Waals surface area contributed by atoms with Crippen molar-refractivity contribution in [1.29, 1.82) is 0 Å². The average molecular weight is 548 g/mol. The van der Waals surface area contributed by atoms with E-state index < -0.39 is 57.1 Å². The zero-order valence-electron chi connectivity index (χ0n) is 22.0. The van der Waals surface area contributed by atoms with Crippen molar-refractivity contribution in [3.63, 3.8) is 0 Å². The normalized spacial score (nSPS) is 13.3. The van der Waals surface area contributed by atoms with E-state index in [1.165, 1.54) is 12.7 Å². The van der Waals surface area contributed by atoms with Gasteiger partial charge in [-0.15, -0.1) is 0 Å². The van der Waals surface area contributed by atoms with E-state index >= 15 is 0 Å². The maximum atomic E-state index is 13.2. The predicted molar refractivity (Wildman–Crippen MR) is 129 cm³/mol. The van der Waals surface area contributed by atoms with Crippen LogP contribution in [0.3, 0.4) is 0 Å². The van der Waals surface area contributed by atoms with Gasteiger partial charge in [0, 0.05) is 0 Å². The number of anilines is 1. The van der Waals surface area contributed by atoms with Crippen LogP contribution in [0.4, 0.5) is 15.4 Å². The molecule has 208 valence electrons. The summed E-state index contributed by atoms with van der Waals surface area (Å²) in [6.07, 6.45) is -0.336. The van der Waals surface area contributed by atoms with Gasteiger partial charge in [-0.05, 0) is 48.5 Å². The van der Waals surface area contributed by atoms with Crippen molar-refractivity contribution in [2.45, 2.75) is 72.3 Å². The number of nitrogens with two attached hydrogens (primary N) is 1. The third-order valence-corrected chi connectivity index (χ3v) is 5.49. The van der Waals surface area contributed by atoms with Crippen LogP contribution in [-0.4, -0.2) is 69.1 Å². The number of fused-ring (bicyclic) bond motifs is 1. The van der Waals surface area contributed by atoms with Gasteiger partial charge in [0.1, 0.15) is 29.4 Å². The first-order valence-corrected chi connectivity index (χ1v) is 12.9. The largest absolute Gasteiger partial charge is 0.510 e. The minimum Gasteiger partial charge on any atom is -0.429 e. The third kappa shape index (κ3) is 10.9. The Kier molecular flexibility index (Phi) is 10.2. The molecule has 1 atom stereocenters. The number of ether oxygens (including phenoxy) is 5. The van der Waals surface area contributed by atoms with Crippen molar-refractivity contribution in [3.8, 4) is 0 Å². The molecule has 16 heteroatoms. The minimum atomic E-state index is -4.09. The zero-order valence-corrected chi connectivity index (χ0v) is 22.9. The van der Waals surface area contributed by atoms with Gasteiger partial charge < -0.3 is 34.0 Å². The highest BCUT2D eigenvalue weighted by atomic mass is 31.2. The van der Waals surface area contributed by atoms with Crippen LogP contribution < -0.4 is 5.73 Å². The quantitative estimate of drug-likeness (QED) is 0.243. The Morgan fingerprint density at radius 1 is 0.973 bits per heavy atom. The van der Waals surface area contributed by atoms with Crippen LogP contribution in [0.5, 0.6) is 0 Å². The first-order valence-electron chi connectivity index (χ1n) is 11.2. The molecule has 0 bridgehead atoms. The Morgan fingerprint density at radius 3 is 2.03 bits per heavy atom. The fourth-order valence-electron chi connectivity index (χ4n) is 2.56. The molecule has 0 aromatic carbocycles. The monoisotopic (exact) mass is 547 g/mol. The molecule has 2 N–H and O–H groups in total. The van der Waals surface area contributed by atoms with Gasteiger partial charge in [0.2, 0.25) is 13.6 Å². The molecule has 2 aromatic rings. The smallest absolute Gasteiger partial charge is 0.429 e. The second kappa shape index (κ2) is 12.5. The predicted octanol–water partition coefficient (Wildman–Crippen LogP) is 3.82.